The van der Waals surface area contributed by atoms with E-state index in [0.717, 1.165) is 5.56 Å². The molecule has 0 amide bonds. The molecule has 10 heteroatoms. The van der Waals surface area contributed by atoms with Crippen LogP contribution in [0.15, 0.2) is 59.5 Å². The Bertz CT molecular complexity index is 955. The number of nitrogens with one attached hydrogen (secondary N) is 2. The highest BCUT2D eigenvalue weighted by atomic mass is 32.2. The fourth-order valence-electron chi connectivity index (χ4n) is 3.94. The molecule has 0 aliphatic carbocycles. The summed E-state index contributed by atoms with van der Waals surface area (Å²) in [6.07, 6.45) is -1.41. The Kier molecular flexibility index (Phi) is 6.87. The molecule has 2 fully saturated rings. The minimum absolute atomic E-state index is 0.0883. The van der Waals surface area contributed by atoms with Gasteiger partial charge in [-0.15, -0.1) is 0 Å². The molecule has 2 aliphatic heterocycles. The molecule has 0 aromatic heterocycles. The van der Waals surface area contributed by atoms with Gasteiger partial charge in [-0.25, -0.2) is 13.1 Å². The largest absolute Gasteiger partial charge is 0.394 e. The summed E-state index contributed by atoms with van der Waals surface area (Å²) < 4.78 is 45.6. The third kappa shape index (κ3) is 5.07. The molecule has 2 aromatic rings. The van der Waals surface area contributed by atoms with Gasteiger partial charge in [0.1, 0.15) is 18.3 Å². The third-order valence-corrected chi connectivity index (χ3v) is 6.95. The van der Waals surface area contributed by atoms with Crippen LogP contribution in [0.5, 0.6) is 0 Å². The molecule has 0 saturated carbocycles. The number of ether oxygens (including phenoxy) is 3. The van der Waals surface area contributed by atoms with Crippen molar-refractivity contribution in [1.29, 1.82) is 0 Å². The van der Waals surface area contributed by atoms with Crippen LogP contribution >= 0.6 is 0 Å². The smallest absolute Gasteiger partial charge is 0.240 e. The van der Waals surface area contributed by atoms with Crippen molar-refractivity contribution < 1.29 is 32.9 Å². The lowest BCUT2D eigenvalue weighted by molar-refractivity contribution is -0.0907. The molecule has 0 unspecified atom stereocenters. The van der Waals surface area contributed by atoms with Crippen LogP contribution in [0.1, 0.15) is 12.0 Å². The summed E-state index contributed by atoms with van der Waals surface area (Å²) in [5, 5.41) is 18.5. The lowest BCUT2D eigenvalue weighted by atomic mass is 10.1. The van der Waals surface area contributed by atoms with Gasteiger partial charge in [0, 0.05) is 13.0 Å². The van der Waals surface area contributed by atoms with E-state index in [2.05, 4.69) is 4.72 Å². The topological polar surface area (TPSA) is 126 Å². The average molecular weight is 451 g/mol. The lowest BCUT2D eigenvalue weighted by Crippen LogP contribution is -2.38. The molecule has 2 aromatic carbocycles. The number of rotatable bonds is 9. The highest BCUT2D eigenvalue weighted by Gasteiger charge is 2.51. The maximum Gasteiger partial charge on any atom is 0.240 e. The summed E-state index contributed by atoms with van der Waals surface area (Å²) in [5.41, 5.74) is 3.36. The highest BCUT2D eigenvalue weighted by molar-refractivity contribution is 7.89. The molecule has 5 atom stereocenters. The normalized spacial score (nSPS) is 27.9. The molecule has 4 rings (SSSR count). The maximum atomic E-state index is 12.5. The predicted octanol–water partition coefficient (Wildman–Crippen LogP) is 1.27. The van der Waals surface area contributed by atoms with Crippen molar-refractivity contribution >= 4 is 15.7 Å². The second-order valence-corrected chi connectivity index (χ2v) is 9.37. The van der Waals surface area contributed by atoms with Crippen molar-refractivity contribution in [2.45, 2.75) is 48.4 Å². The average Bonchev–Trinajstić information content (AvgIpc) is 3.34. The second kappa shape index (κ2) is 9.61. The minimum atomic E-state index is -3.72. The fraction of sp³-hybridized carbons (Fsp3) is 0.429. The third-order valence-electron chi connectivity index (χ3n) is 5.51. The van der Waals surface area contributed by atoms with Gasteiger partial charge in [-0.2, -0.15) is 0 Å². The van der Waals surface area contributed by atoms with E-state index in [1.165, 1.54) is 24.3 Å². The van der Waals surface area contributed by atoms with Gasteiger partial charge in [0.15, 0.2) is 0 Å². The van der Waals surface area contributed by atoms with Gasteiger partial charge in [0.2, 0.25) is 10.0 Å². The number of aliphatic hydroxyl groups is 1. The standard InChI is InChI=1S/C21H26N2O7S/c24-12-19-20(28-13-14-4-2-1-3-5-14)21-18(30-19)10-16(29-21)11-22-31(26,27)17-8-6-15(23-25)7-9-17/h1-9,16,18-25H,10-13H2/t16-,18+,19-,20-,21-/m1/s1. The SMILES string of the molecule is O=S(=O)(NC[C@H]1C[C@@H]2O[C@H](CO)[C@@H](OCc3ccccc3)[C@@H]2O1)c1ccc(NO)cc1. The predicted molar refractivity (Wildman–Crippen MR) is 111 cm³/mol. The lowest BCUT2D eigenvalue weighted by Gasteiger charge is -2.23. The van der Waals surface area contributed by atoms with E-state index in [-0.39, 0.29) is 36.4 Å². The second-order valence-electron chi connectivity index (χ2n) is 7.60. The minimum Gasteiger partial charge on any atom is -0.394 e. The molecular weight excluding hydrogens is 424 g/mol. The summed E-state index contributed by atoms with van der Waals surface area (Å²) in [6.45, 7) is 0.285. The number of benzene rings is 2. The van der Waals surface area contributed by atoms with Crippen LogP contribution in [0, 0.1) is 0 Å². The Labute approximate surface area is 181 Å². The van der Waals surface area contributed by atoms with Crippen LogP contribution in [-0.2, 0) is 30.8 Å². The molecule has 0 spiro atoms. The van der Waals surface area contributed by atoms with Crippen molar-refractivity contribution in [3.05, 3.63) is 60.2 Å². The van der Waals surface area contributed by atoms with E-state index in [0.29, 0.717) is 18.7 Å². The van der Waals surface area contributed by atoms with Crippen LogP contribution in [0.4, 0.5) is 5.69 Å². The Morgan fingerprint density at radius 2 is 1.81 bits per heavy atom. The van der Waals surface area contributed by atoms with Gasteiger partial charge in [-0.1, -0.05) is 30.3 Å². The summed E-state index contributed by atoms with van der Waals surface area (Å²) in [4.78, 5) is 0.0883. The molecule has 9 nitrogen and oxygen atoms in total. The molecule has 168 valence electrons. The number of hydrogen-bond donors (Lipinski definition) is 4. The summed E-state index contributed by atoms with van der Waals surface area (Å²) in [6, 6.07) is 15.4. The molecule has 0 bridgehead atoms. The first-order chi connectivity index (χ1) is 15.0. The van der Waals surface area contributed by atoms with E-state index in [1.807, 2.05) is 35.8 Å². The molecule has 2 heterocycles. The summed E-state index contributed by atoms with van der Waals surface area (Å²) in [7, 11) is -3.72. The van der Waals surface area contributed by atoms with E-state index < -0.39 is 22.2 Å². The van der Waals surface area contributed by atoms with Gasteiger partial charge >= 0.3 is 0 Å². The molecule has 0 radical (unpaired) electrons. The molecule has 31 heavy (non-hydrogen) atoms. The van der Waals surface area contributed by atoms with E-state index in [1.54, 1.807) is 0 Å². The highest BCUT2D eigenvalue weighted by Crippen LogP contribution is 2.36. The van der Waals surface area contributed by atoms with Crippen molar-refractivity contribution in [2.24, 2.45) is 0 Å². The first kappa shape index (κ1) is 22.2. The van der Waals surface area contributed by atoms with Gasteiger partial charge in [0.05, 0.1) is 36.0 Å². The zero-order valence-electron chi connectivity index (χ0n) is 16.8. The number of aliphatic hydroxyl groups excluding tert-OH is 1. The monoisotopic (exact) mass is 450 g/mol. The van der Waals surface area contributed by atoms with Crippen molar-refractivity contribution in [3.8, 4) is 0 Å². The van der Waals surface area contributed by atoms with Crippen LogP contribution in [-0.4, -0.2) is 62.4 Å². The van der Waals surface area contributed by atoms with Crippen molar-refractivity contribution in [1.82, 2.24) is 4.72 Å². The molecule has 2 aliphatic rings. The van der Waals surface area contributed by atoms with Gasteiger partial charge in [0.25, 0.3) is 0 Å². The quantitative estimate of drug-likeness (QED) is 0.421. The summed E-state index contributed by atoms with van der Waals surface area (Å²) in [5.74, 6) is 0. The van der Waals surface area contributed by atoms with Crippen molar-refractivity contribution in [3.63, 3.8) is 0 Å². The maximum absolute atomic E-state index is 12.5. The Hall–Kier alpha value is -2.05. The van der Waals surface area contributed by atoms with E-state index in [4.69, 9.17) is 19.4 Å². The number of sulfonamides is 1. The van der Waals surface area contributed by atoms with Crippen LogP contribution < -0.4 is 10.2 Å². The van der Waals surface area contributed by atoms with Gasteiger partial charge in [-0.3, -0.25) is 10.7 Å². The van der Waals surface area contributed by atoms with Gasteiger partial charge < -0.3 is 19.3 Å². The Morgan fingerprint density at radius 1 is 1.06 bits per heavy atom. The fourth-order valence-corrected chi connectivity index (χ4v) is 5.00. The van der Waals surface area contributed by atoms with Crippen LogP contribution in [0.2, 0.25) is 0 Å². The number of anilines is 1. The van der Waals surface area contributed by atoms with Crippen LogP contribution in [0.3, 0.4) is 0 Å². The zero-order chi connectivity index (χ0) is 21.8. The number of hydrogen-bond acceptors (Lipinski definition) is 8. The molecule has 2 saturated heterocycles. The number of fused-ring (bicyclic) bond motifs is 1. The van der Waals surface area contributed by atoms with Gasteiger partial charge in [-0.05, 0) is 29.8 Å². The summed E-state index contributed by atoms with van der Waals surface area (Å²) >= 11 is 0. The molecular formula is C21H26N2O7S. The first-order valence-electron chi connectivity index (χ1n) is 10.1. The van der Waals surface area contributed by atoms with E-state index in [9.17, 15) is 13.5 Å². The first-order valence-corrected chi connectivity index (χ1v) is 11.6. The molecule has 4 N–H and O–H groups in total. The van der Waals surface area contributed by atoms with Crippen LogP contribution in [0.25, 0.3) is 0 Å². The van der Waals surface area contributed by atoms with Crippen molar-refractivity contribution in [2.75, 3.05) is 18.6 Å². The Balaban J connectivity index is 1.34. The Morgan fingerprint density at radius 3 is 2.48 bits per heavy atom. The zero-order valence-corrected chi connectivity index (χ0v) is 17.6. The van der Waals surface area contributed by atoms with E-state index >= 15 is 0 Å².